The normalized spacial score (nSPS) is 12.4. The number of rotatable bonds is 8. The number of hydrogen-bond acceptors (Lipinski definition) is 4. The van der Waals surface area contributed by atoms with Gasteiger partial charge in [-0.2, -0.15) is 0 Å². The first kappa shape index (κ1) is 15.4. The van der Waals surface area contributed by atoms with Crippen molar-refractivity contribution in [2.24, 2.45) is 0 Å². The van der Waals surface area contributed by atoms with Gasteiger partial charge in [0.25, 0.3) is 0 Å². The maximum atomic E-state index is 9.73. The molecule has 0 radical (unpaired) electrons. The molecule has 0 aliphatic carbocycles. The Morgan fingerprint density at radius 2 is 2.17 bits per heavy atom. The average Bonchev–Trinajstić information content (AvgIpc) is 2.36. The Labute approximate surface area is 116 Å². The molecule has 1 aromatic rings. The molecule has 0 amide bonds. The number of aliphatic hydroxyl groups excluding tert-OH is 1. The molecule has 0 aliphatic heterocycles. The van der Waals surface area contributed by atoms with Crippen LogP contribution in [-0.2, 0) is 9.47 Å². The van der Waals surface area contributed by atoms with Crippen molar-refractivity contribution in [3.63, 3.8) is 0 Å². The minimum Gasteiger partial charge on any atom is -0.389 e. The second-order valence-electron chi connectivity index (χ2n) is 4.09. The Morgan fingerprint density at radius 3 is 2.89 bits per heavy atom. The summed E-state index contributed by atoms with van der Waals surface area (Å²) in [6.45, 7) is 3.84. The zero-order valence-corrected chi connectivity index (χ0v) is 12.4. The maximum absolute atomic E-state index is 9.73. The summed E-state index contributed by atoms with van der Waals surface area (Å²) in [7, 11) is 1.62. The van der Waals surface area contributed by atoms with Crippen LogP contribution in [0, 0.1) is 6.92 Å². The number of aryl methyl sites for hydroxylation is 1. The van der Waals surface area contributed by atoms with Crippen LogP contribution in [0.1, 0.15) is 5.56 Å². The highest BCUT2D eigenvalue weighted by molar-refractivity contribution is 9.10. The average molecular weight is 318 g/mol. The SMILES string of the molecule is COCCOCC(O)CNc1cc(C)ccc1Br. The summed E-state index contributed by atoms with van der Waals surface area (Å²) in [5.74, 6) is 0. The number of halogens is 1. The first-order valence-corrected chi connectivity index (χ1v) is 6.67. The van der Waals surface area contributed by atoms with E-state index in [1.54, 1.807) is 7.11 Å². The maximum Gasteiger partial charge on any atom is 0.0945 e. The van der Waals surface area contributed by atoms with Crippen LogP contribution in [0.5, 0.6) is 0 Å². The molecule has 5 heteroatoms. The lowest BCUT2D eigenvalue weighted by Gasteiger charge is -2.14. The van der Waals surface area contributed by atoms with Gasteiger partial charge in [0.2, 0.25) is 0 Å². The molecular weight excluding hydrogens is 298 g/mol. The Morgan fingerprint density at radius 1 is 1.39 bits per heavy atom. The van der Waals surface area contributed by atoms with Crippen molar-refractivity contribution in [3.05, 3.63) is 28.2 Å². The lowest BCUT2D eigenvalue weighted by Crippen LogP contribution is -2.25. The Balaban J connectivity index is 2.29. The van der Waals surface area contributed by atoms with Crippen molar-refractivity contribution in [2.75, 3.05) is 38.8 Å². The van der Waals surface area contributed by atoms with E-state index in [9.17, 15) is 5.11 Å². The van der Waals surface area contributed by atoms with Gasteiger partial charge in [-0.3, -0.25) is 0 Å². The Kier molecular flexibility index (Phi) is 7.27. The van der Waals surface area contributed by atoms with Crippen molar-refractivity contribution in [2.45, 2.75) is 13.0 Å². The molecule has 1 aromatic carbocycles. The van der Waals surface area contributed by atoms with Crippen molar-refractivity contribution in [1.82, 2.24) is 0 Å². The smallest absolute Gasteiger partial charge is 0.0945 e. The molecule has 2 N–H and O–H groups in total. The third-order valence-corrected chi connectivity index (χ3v) is 3.08. The summed E-state index contributed by atoms with van der Waals surface area (Å²) in [4.78, 5) is 0. The van der Waals surface area contributed by atoms with Crippen LogP contribution in [0.2, 0.25) is 0 Å². The highest BCUT2D eigenvalue weighted by atomic mass is 79.9. The molecule has 0 aliphatic rings. The molecule has 18 heavy (non-hydrogen) atoms. The van der Waals surface area contributed by atoms with Crippen LogP contribution in [0.3, 0.4) is 0 Å². The molecule has 0 bridgehead atoms. The van der Waals surface area contributed by atoms with Crippen molar-refractivity contribution in [3.8, 4) is 0 Å². The molecule has 0 fully saturated rings. The number of methoxy groups -OCH3 is 1. The van der Waals surface area contributed by atoms with Gasteiger partial charge in [-0.1, -0.05) is 6.07 Å². The second kappa shape index (κ2) is 8.48. The number of ether oxygens (including phenoxy) is 2. The summed E-state index contributed by atoms with van der Waals surface area (Å²) >= 11 is 3.46. The number of nitrogens with one attached hydrogen (secondary N) is 1. The number of anilines is 1. The van der Waals surface area contributed by atoms with Gasteiger partial charge in [0.15, 0.2) is 0 Å². The first-order valence-electron chi connectivity index (χ1n) is 5.88. The quantitative estimate of drug-likeness (QED) is 0.722. The third kappa shape index (κ3) is 5.82. The summed E-state index contributed by atoms with van der Waals surface area (Å²) in [5.41, 5.74) is 2.15. The second-order valence-corrected chi connectivity index (χ2v) is 4.94. The van der Waals surface area contributed by atoms with E-state index in [1.165, 1.54) is 5.56 Å². The van der Waals surface area contributed by atoms with E-state index >= 15 is 0 Å². The van der Waals surface area contributed by atoms with E-state index in [-0.39, 0.29) is 0 Å². The summed E-state index contributed by atoms with van der Waals surface area (Å²) in [6, 6.07) is 6.04. The largest absolute Gasteiger partial charge is 0.389 e. The fraction of sp³-hybridized carbons (Fsp3) is 0.538. The molecule has 1 atom stereocenters. The predicted molar refractivity (Wildman–Crippen MR) is 76.1 cm³/mol. The van der Waals surface area contributed by atoms with Gasteiger partial charge in [-0.15, -0.1) is 0 Å². The molecular formula is C13H20BrNO3. The van der Waals surface area contributed by atoms with Crippen LogP contribution < -0.4 is 5.32 Å². The summed E-state index contributed by atoms with van der Waals surface area (Å²) in [5, 5.41) is 12.9. The van der Waals surface area contributed by atoms with Crippen LogP contribution >= 0.6 is 15.9 Å². The summed E-state index contributed by atoms with van der Waals surface area (Å²) in [6.07, 6.45) is -0.533. The fourth-order valence-corrected chi connectivity index (χ4v) is 1.81. The van der Waals surface area contributed by atoms with E-state index < -0.39 is 6.10 Å². The molecule has 0 spiro atoms. The minimum atomic E-state index is -0.533. The summed E-state index contributed by atoms with van der Waals surface area (Å²) < 4.78 is 11.1. The van der Waals surface area contributed by atoms with Crippen molar-refractivity contribution < 1.29 is 14.6 Å². The zero-order valence-electron chi connectivity index (χ0n) is 10.8. The van der Waals surface area contributed by atoms with Crippen molar-refractivity contribution >= 4 is 21.6 Å². The molecule has 0 heterocycles. The predicted octanol–water partition coefficient (Wildman–Crippen LogP) is 2.19. The Bertz CT molecular complexity index is 360. The highest BCUT2D eigenvalue weighted by Crippen LogP contribution is 2.23. The third-order valence-electron chi connectivity index (χ3n) is 2.39. The van der Waals surface area contributed by atoms with Gasteiger partial charge in [0, 0.05) is 23.8 Å². The highest BCUT2D eigenvalue weighted by Gasteiger charge is 2.06. The molecule has 1 unspecified atom stereocenters. The fourth-order valence-electron chi connectivity index (χ4n) is 1.42. The molecule has 0 saturated carbocycles. The van der Waals surface area contributed by atoms with Crippen LogP contribution in [0.15, 0.2) is 22.7 Å². The van der Waals surface area contributed by atoms with Gasteiger partial charge in [0.1, 0.15) is 0 Å². The van der Waals surface area contributed by atoms with E-state index in [0.717, 1.165) is 10.2 Å². The van der Waals surface area contributed by atoms with E-state index in [1.807, 2.05) is 25.1 Å². The van der Waals surface area contributed by atoms with Gasteiger partial charge in [-0.05, 0) is 40.5 Å². The topological polar surface area (TPSA) is 50.7 Å². The van der Waals surface area contributed by atoms with Crippen LogP contribution in [-0.4, -0.2) is 44.7 Å². The molecule has 0 saturated heterocycles. The van der Waals surface area contributed by atoms with Gasteiger partial charge in [-0.25, -0.2) is 0 Å². The zero-order chi connectivity index (χ0) is 13.4. The lowest BCUT2D eigenvalue weighted by molar-refractivity contribution is 0.0182. The monoisotopic (exact) mass is 317 g/mol. The van der Waals surface area contributed by atoms with Crippen molar-refractivity contribution in [1.29, 1.82) is 0 Å². The van der Waals surface area contributed by atoms with E-state index in [4.69, 9.17) is 9.47 Å². The molecule has 102 valence electrons. The Hall–Kier alpha value is -0.620. The first-order chi connectivity index (χ1) is 8.63. The van der Waals surface area contributed by atoms with Gasteiger partial charge >= 0.3 is 0 Å². The number of aliphatic hydroxyl groups is 1. The molecule has 0 aromatic heterocycles. The minimum absolute atomic E-state index is 0.305. The molecule has 1 rings (SSSR count). The van der Waals surface area contributed by atoms with E-state index in [0.29, 0.717) is 26.4 Å². The number of hydrogen-bond donors (Lipinski definition) is 2. The molecule has 4 nitrogen and oxygen atoms in total. The van der Waals surface area contributed by atoms with Crippen LogP contribution in [0.4, 0.5) is 5.69 Å². The van der Waals surface area contributed by atoms with E-state index in [2.05, 4.69) is 21.2 Å². The standard InChI is InChI=1S/C13H20BrNO3/c1-10-3-4-12(14)13(7-10)15-8-11(16)9-18-6-5-17-2/h3-4,7,11,15-16H,5-6,8-9H2,1-2H3. The van der Waals surface area contributed by atoms with Gasteiger partial charge in [0.05, 0.1) is 25.9 Å². The lowest BCUT2D eigenvalue weighted by atomic mass is 10.2. The van der Waals surface area contributed by atoms with Gasteiger partial charge < -0.3 is 19.9 Å². The number of benzene rings is 1. The van der Waals surface area contributed by atoms with Crippen LogP contribution in [0.25, 0.3) is 0 Å².